The van der Waals surface area contributed by atoms with Crippen LogP contribution in [0.4, 0.5) is 0 Å². The van der Waals surface area contributed by atoms with Crippen molar-refractivity contribution in [2.45, 2.75) is 18.9 Å². The number of nitrogens with zero attached hydrogens (tertiary/aromatic N) is 1. The highest BCUT2D eigenvalue weighted by molar-refractivity contribution is 5.81. The Morgan fingerprint density at radius 3 is 3.13 bits per heavy atom. The van der Waals surface area contributed by atoms with Gasteiger partial charge in [-0.2, -0.15) is 0 Å². The summed E-state index contributed by atoms with van der Waals surface area (Å²) in [5.74, 6) is -0.00796. The van der Waals surface area contributed by atoms with Crippen molar-refractivity contribution in [2.75, 3.05) is 40.0 Å². The molecule has 1 fully saturated rings. The fourth-order valence-corrected chi connectivity index (χ4v) is 1.64. The van der Waals surface area contributed by atoms with Gasteiger partial charge in [0.05, 0.1) is 6.61 Å². The van der Waals surface area contributed by atoms with E-state index in [1.54, 1.807) is 12.0 Å². The molecule has 0 aromatic carbocycles. The molecule has 15 heavy (non-hydrogen) atoms. The van der Waals surface area contributed by atoms with Gasteiger partial charge in [-0.25, -0.2) is 0 Å². The third kappa shape index (κ3) is 3.77. The molecular formula is C10H19NO4. The molecule has 1 N–H and O–H groups in total. The second-order valence-electron chi connectivity index (χ2n) is 3.54. The topological polar surface area (TPSA) is 59.0 Å². The molecule has 0 saturated carbocycles. The third-order valence-corrected chi connectivity index (χ3v) is 2.44. The van der Waals surface area contributed by atoms with Gasteiger partial charge in [0.15, 0.2) is 0 Å². The van der Waals surface area contributed by atoms with Crippen molar-refractivity contribution in [1.29, 1.82) is 0 Å². The molecule has 0 aromatic rings. The SMILES string of the molecule is COCCCN1CCOC(CCO)C1=O. The summed E-state index contributed by atoms with van der Waals surface area (Å²) in [4.78, 5) is 13.5. The molecule has 1 aliphatic heterocycles. The summed E-state index contributed by atoms with van der Waals surface area (Å²) in [5.41, 5.74) is 0. The van der Waals surface area contributed by atoms with Crippen molar-refractivity contribution < 1.29 is 19.4 Å². The first-order valence-electron chi connectivity index (χ1n) is 5.29. The van der Waals surface area contributed by atoms with Gasteiger partial charge in [-0.3, -0.25) is 4.79 Å². The maximum atomic E-state index is 11.8. The van der Waals surface area contributed by atoms with Gasteiger partial charge >= 0.3 is 0 Å². The molecule has 0 aliphatic carbocycles. The van der Waals surface area contributed by atoms with Gasteiger partial charge in [0.2, 0.25) is 0 Å². The van der Waals surface area contributed by atoms with Gasteiger partial charge in [0, 0.05) is 39.8 Å². The van der Waals surface area contributed by atoms with Crippen LogP contribution >= 0.6 is 0 Å². The molecule has 1 heterocycles. The zero-order valence-electron chi connectivity index (χ0n) is 9.15. The fourth-order valence-electron chi connectivity index (χ4n) is 1.64. The summed E-state index contributed by atoms with van der Waals surface area (Å²) in [6.07, 6.45) is 0.777. The van der Waals surface area contributed by atoms with E-state index in [1.165, 1.54) is 0 Å². The molecule has 5 nitrogen and oxygen atoms in total. The number of rotatable bonds is 6. The highest BCUT2D eigenvalue weighted by Gasteiger charge is 2.28. The van der Waals surface area contributed by atoms with Crippen LogP contribution in [0.3, 0.4) is 0 Å². The summed E-state index contributed by atoms with van der Waals surface area (Å²) in [6.45, 7) is 2.56. The Morgan fingerprint density at radius 1 is 1.67 bits per heavy atom. The normalized spacial score (nSPS) is 22.1. The maximum absolute atomic E-state index is 11.8. The van der Waals surface area contributed by atoms with Crippen LogP contribution in [0.25, 0.3) is 0 Å². The number of ether oxygens (including phenoxy) is 2. The summed E-state index contributed by atoms with van der Waals surface area (Å²) in [6, 6.07) is 0. The molecule has 5 heteroatoms. The number of amides is 1. The van der Waals surface area contributed by atoms with Crippen molar-refractivity contribution >= 4 is 5.91 Å². The van der Waals surface area contributed by atoms with E-state index >= 15 is 0 Å². The number of carbonyl (C=O) groups is 1. The minimum Gasteiger partial charge on any atom is -0.396 e. The lowest BCUT2D eigenvalue weighted by Crippen LogP contribution is -2.48. The highest BCUT2D eigenvalue weighted by atomic mass is 16.5. The van der Waals surface area contributed by atoms with Crippen LogP contribution in [-0.2, 0) is 14.3 Å². The van der Waals surface area contributed by atoms with Crippen LogP contribution < -0.4 is 0 Å². The molecule has 88 valence electrons. The average molecular weight is 217 g/mol. The highest BCUT2D eigenvalue weighted by Crippen LogP contribution is 2.10. The van der Waals surface area contributed by atoms with Crippen LogP contribution in [0.2, 0.25) is 0 Å². The maximum Gasteiger partial charge on any atom is 0.251 e. The largest absolute Gasteiger partial charge is 0.396 e. The van der Waals surface area contributed by atoms with E-state index in [4.69, 9.17) is 14.6 Å². The zero-order valence-corrected chi connectivity index (χ0v) is 9.15. The van der Waals surface area contributed by atoms with Crippen LogP contribution in [0, 0.1) is 0 Å². The Balaban J connectivity index is 2.33. The smallest absolute Gasteiger partial charge is 0.251 e. The minimum absolute atomic E-state index is 0.00796. The molecule has 1 unspecified atom stereocenters. The van der Waals surface area contributed by atoms with E-state index < -0.39 is 6.10 Å². The molecule has 1 atom stereocenters. The lowest BCUT2D eigenvalue weighted by atomic mass is 10.2. The fraction of sp³-hybridized carbons (Fsp3) is 0.900. The third-order valence-electron chi connectivity index (χ3n) is 2.44. The van der Waals surface area contributed by atoms with Gasteiger partial charge in [-0.05, 0) is 6.42 Å². The first-order valence-corrected chi connectivity index (χ1v) is 5.29. The van der Waals surface area contributed by atoms with Crippen molar-refractivity contribution in [1.82, 2.24) is 4.90 Å². The summed E-state index contributed by atoms with van der Waals surface area (Å²) in [7, 11) is 1.65. The molecule has 0 bridgehead atoms. The molecule has 0 aromatic heterocycles. The quantitative estimate of drug-likeness (QED) is 0.617. The number of hydrogen-bond donors (Lipinski definition) is 1. The molecule has 1 saturated heterocycles. The number of aliphatic hydroxyl groups is 1. The predicted molar refractivity (Wildman–Crippen MR) is 54.5 cm³/mol. The molecule has 1 aliphatic rings. The molecular weight excluding hydrogens is 198 g/mol. The number of hydrogen-bond acceptors (Lipinski definition) is 4. The second kappa shape index (κ2) is 6.76. The monoisotopic (exact) mass is 217 g/mol. The van der Waals surface area contributed by atoms with Gasteiger partial charge in [0.1, 0.15) is 6.10 Å². The number of methoxy groups -OCH3 is 1. The lowest BCUT2D eigenvalue weighted by Gasteiger charge is -2.32. The second-order valence-corrected chi connectivity index (χ2v) is 3.54. The Morgan fingerprint density at radius 2 is 2.47 bits per heavy atom. The van der Waals surface area contributed by atoms with Gasteiger partial charge in [-0.1, -0.05) is 0 Å². The Labute approximate surface area is 90.0 Å². The standard InChI is InChI=1S/C10H19NO4/c1-14-7-2-4-11-5-8-15-9(3-6-12)10(11)13/h9,12H,2-8H2,1H3. The lowest BCUT2D eigenvalue weighted by molar-refractivity contribution is -0.154. The van der Waals surface area contributed by atoms with Crippen LogP contribution in [0.1, 0.15) is 12.8 Å². The summed E-state index contributed by atoms with van der Waals surface area (Å²) < 4.78 is 10.2. The first-order chi connectivity index (χ1) is 7.29. The van der Waals surface area contributed by atoms with Crippen LogP contribution in [0.5, 0.6) is 0 Å². The van der Waals surface area contributed by atoms with E-state index in [-0.39, 0.29) is 12.5 Å². The number of carbonyl (C=O) groups excluding carboxylic acids is 1. The van der Waals surface area contributed by atoms with Gasteiger partial charge < -0.3 is 19.5 Å². The van der Waals surface area contributed by atoms with E-state index in [9.17, 15) is 4.79 Å². The Hall–Kier alpha value is -0.650. The number of morpholine rings is 1. The van der Waals surface area contributed by atoms with E-state index in [0.29, 0.717) is 32.7 Å². The van der Waals surface area contributed by atoms with E-state index in [1.807, 2.05) is 0 Å². The predicted octanol–water partition coefficient (Wildman–Crippen LogP) is -0.367. The van der Waals surface area contributed by atoms with Crippen molar-refractivity contribution in [3.05, 3.63) is 0 Å². The summed E-state index contributed by atoms with van der Waals surface area (Å²) >= 11 is 0. The molecule has 1 amide bonds. The van der Waals surface area contributed by atoms with E-state index in [0.717, 1.165) is 6.42 Å². The molecule has 0 spiro atoms. The van der Waals surface area contributed by atoms with Crippen molar-refractivity contribution in [3.8, 4) is 0 Å². The van der Waals surface area contributed by atoms with Crippen LogP contribution in [0.15, 0.2) is 0 Å². The molecule has 1 rings (SSSR count). The minimum atomic E-state index is -0.453. The number of aliphatic hydroxyl groups excluding tert-OH is 1. The van der Waals surface area contributed by atoms with Gasteiger partial charge in [0.25, 0.3) is 5.91 Å². The van der Waals surface area contributed by atoms with Gasteiger partial charge in [-0.15, -0.1) is 0 Å². The van der Waals surface area contributed by atoms with Crippen LogP contribution in [-0.4, -0.2) is 62.0 Å². The average Bonchev–Trinajstić information content (AvgIpc) is 2.24. The van der Waals surface area contributed by atoms with Crippen molar-refractivity contribution in [3.63, 3.8) is 0 Å². The van der Waals surface area contributed by atoms with E-state index in [2.05, 4.69) is 0 Å². The van der Waals surface area contributed by atoms with Crippen molar-refractivity contribution in [2.24, 2.45) is 0 Å². The molecule has 0 radical (unpaired) electrons. The summed E-state index contributed by atoms with van der Waals surface area (Å²) in [5, 5.41) is 8.77. The Kier molecular flexibility index (Phi) is 5.60. The first kappa shape index (κ1) is 12.4. The zero-order chi connectivity index (χ0) is 11.1. The Bertz CT molecular complexity index is 196.